The van der Waals surface area contributed by atoms with Gasteiger partial charge in [-0.3, -0.25) is 4.79 Å². The van der Waals surface area contributed by atoms with Gasteiger partial charge in [-0.15, -0.1) is 0 Å². The monoisotopic (exact) mass is 375 g/mol. The maximum atomic E-state index is 13.8. The first-order valence-corrected chi connectivity index (χ1v) is 8.69. The number of nitrogens with one attached hydrogen (secondary N) is 1. The van der Waals surface area contributed by atoms with E-state index in [1.54, 1.807) is 34.1 Å². The van der Waals surface area contributed by atoms with Crippen molar-refractivity contribution in [2.45, 2.75) is 6.92 Å². The number of anilines is 1. The molecule has 26 heavy (non-hydrogen) atoms. The maximum absolute atomic E-state index is 13.8. The van der Waals surface area contributed by atoms with Crippen molar-refractivity contribution >= 4 is 29.2 Å². The lowest BCUT2D eigenvalue weighted by atomic mass is 10.1. The predicted molar refractivity (Wildman–Crippen MR) is 99.1 cm³/mol. The first-order valence-electron chi connectivity index (χ1n) is 8.31. The zero-order valence-corrected chi connectivity index (χ0v) is 15.1. The summed E-state index contributed by atoms with van der Waals surface area (Å²) in [6.45, 7) is 3.36. The second-order valence-electron chi connectivity index (χ2n) is 6.15. The summed E-state index contributed by atoms with van der Waals surface area (Å²) in [5, 5.41) is 3.39. The largest absolute Gasteiger partial charge is 0.335 e. The minimum atomic E-state index is -0.533. The number of nitrogens with zero attached hydrogens (tertiary/aromatic N) is 2. The average Bonchev–Trinajstić information content (AvgIpc) is 2.65. The Bertz CT molecular complexity index is 835. The highest BCUT2D eigenvalue weighted by molar-refractivity contribution is 6.31. The van der Waals surface area contributed by atoms with Gasteiger partial charge in [-0.2, -0.15) is 0 Å². The fraction of sp³-hybridized carbons (Fsp3) is 0.263. The van der Waals surface area contributed by atoms with Crippen LogP contribution in [-0.2, 0) is 0 Å². The van der Waals surface area contributed by atoms with Crippen molar-refractivity contribution < 1.29 is 14.0 Å². The Morgan fingerprint density at radius 1 is 1.04 bits per heavy atom. The highest BCUT2D eigenvalue weighted by atomic mass is 35.5. The molecule has 1 heterocycles. The summed E-state index contributed by atoms with van der Waals surface area (Å²) < 4.78 is 13.8. The summed E-state index contributed by atoms with van der Waals surface area (Å²) >= 11 is 6.07. The number of carbonyl (C=O) groups excluding carboxylic acids is 2. The molecule has 0 aromatic heterocycles. The smallest absolute Gasteiger partial charge is 0.321 e. The van der Waals surface area contributed by atoms with E-state index in [4.69, 9.17) is 11.6 Å². The molecule has 1 N–H and O–H groups in total. The summed E-state index contributed by atoms with van der Waals surface area (Å²) in [5.74, 6) is -0.887. The number of piperazine rings is 1. The van der Waals surface area contributed by atoms with Gasteiger partial charge in [-0.25, -0.2) is 9.18 Å². The van der Waals surface area contributed by atoms with Gasteiger partial charge in [-0.05, 0) is 36.8 Å². The van der Waals surface area contributed by atoms with Gasteiger partial charge in [0, 0.05) is 36.9 Å². The number of amides is 3. The lowest BCUT2D eigenvalue weighted by Gasteiger charge is -2.34. The highest BCUT2D eigenvalue weighted by Gasteiger charge is 2.26. The molecular weight excluding hydrogens is 357 g/mol. The topological polar surface area (TPSA) is 52.7 Å². The van der Waals surface area contributed by atoms with E-state index in [0.29, 0.717) is 36.9 Å². The Labute approximate surface area is 156 Å². The van der Waals surface area contributed by atoms with Gasteiger partial charge in [0.15, 0.2) is 0 Å². The normalized spacial score (nSPS) is 14.3. The third-order valence-electron chi connectivity index (χ3n) is 4.38. The zero-order chi connectivity index (χ0) is 18.7. The van der Waals surface area contributed by atoms with Crippen molar-refractivity contribution in [3.8, 4) is 0 Å². The van der Waals surface area contributed by atoms with Gasteiger partial charge in [0.1, 0.15) is 5.82 Å². The van der Waals surface area contributed by atoms with E-state index in [-0.39, 0.29) is 17.5 Å². The molecule has 2 aromatic carbocycles. The van der Waals surface area contributed by atoms with Crippen LogP contribution in [0, 0.1) is 12.7 Å². The molecule has 1 fully saturated rings. The number of benzene rings is 2. The minimum Gasteiger partial charge on any atom is -0.335 e. The fourth-order valence-corrected chi connectivity index (χ4v) is 2.97. The van der Waals surface area contributed by atoms with E-state index in [0.717, 1.165) is 5.56 Å². The van der Waals surface area contributed by atoms with Crippen LogP contribution in [0.4, 0.5) is 14.9 Å². The van der Waals surface area contributed by atoms with Crippen LogP contribution in [0.5, 0.6) is 0 Å². The summed E-state index contributed by atoms with van der Waals surface area (Å²) in [5.41, 5.74) is 1.61. The Hall–Kier alpha value is -2.60. The van der Waals surface area contributed by atoms with Gasteiger partial charge in [-0.1, -0.05) is 29.8 Å². The second-order valence-corrected chi connectivity index (χ2v) is 6.56. The summed E-state index contributed by atoms with van der Waals surface area (Å²) in [6, 6.07) is 11.0. The summed E-state index contributed by atoms with van der Waals surface area (Å²) in [7, 11) is 0. The van der Waals surface area contributed by atoms with E-state index < -0.39 is 5.82 Å². The molecule has 2 aromatic rings. The Morgan fingerprint density at radius 2 is 1.69 bits per heavy atom. The van der Waals surface area contributed by atoms with E-state index >= 15 is 0 Å². The molecule has 0 atom stereocenters. The molecule has 0 unspecified atom stereocenters. The Morgan fingerprint density at radius 3 is 2.35 bits per heavy atom. The first kappa shape index (κ1) is 18.2. The van der Waals surface area contributed by atoms with Crippen molar-refractivity contribution in [1.82, 2.24) is 9.80 Å². The van der Waals surface area contributed by atoms with Crippen molar-refractivity contribution in [2.75, 3.05) is 31.5 Å². The lowest BCUT2D eigenvalue weighted by Crippen LogP contribution is -2.51. The third kappa shape index (κ3) is 3.96. The molecule has 1 saturated heterocycles. The number of hydrogen-bond acceptors (Lipinski definition) is 2. The molecule has 7 heteroatoms. The van der Waals surface area contributed by atoms with Gasteiger partial charge >= 0.3 is 6.03 Å². The molecular formula is C19H19ClFN3O2. The molecule has 136 valence electrons. The van der Waals surface area contributed by atoms with Gasteiger partial charge in [0.25, 0.3) is 5.91 Å². The van der Waals surface area contributed by atoms with Gasteiger partial charge < -0.3 is 15.1 Å². The minimum absolute atomic E-state index is 0.0553. The van der Waals surface area contributed by atoms with Gasteiger partial charge in [0.2, 0.25) is 0 Å². The molecule has 5 nitrogen and oxygen atoms in total. The van der Waals surface area contributed by atoms with E-state index in [2.05, 4.69) is 5.32 Å². The van der Waals surface area contributed by atoms with Crippen LogP contribution >= 0.6 is 11.6 Å². The molecule has 0 spiro atoms. The second kappa shape index (κ2) is 7.74. The average molecular weight is 376 g/mol. The number of rotatable bonds is 2. The van der Waals surface area contributed by atoms with Crippen molar-refractivity contribution in [1.29, 1.82) is 0 Å². The molecule has 3 rings (SSSR count). The van der Waals surface area contributed by atoms with Crippen LogP contribution in [-0.4, -0.2) is 47.9 Å². The van der Waals surface area contributed by atoms with Crippen LogP contribution < -0.4 is 5.32 Å². The molecule has 3 amide bonds. The molecule has 0 radical (unpaired) electrons. The molecule has 0 saturated carbocycles. The summed E-state index contributed by atoms with van der Waals surface area (Å²) in [6.07, 6.45) is 0. The third-order valence-corrected chi connectivity index (χ3v) is 4.79. The molecule has 0 bridgehead atoms. The number of hydrogen-bond donors (Lipinski definition) is 1. The van der Waals surface area contributed by atoms with Crippen LogP contribution in [0.25, 0.3) is 0 Å². The molecule has 1 aliphatic heterocycles. The van der Waals surface area contributed by atoms with Crippen molar-refractivity contribution in [2.24, 2.45) is 0 Å². The van der Waals surface area contributed by atoms with Crippen LogP contribution in [0.15, 0.2) is 42.5 Å². The zero-order valence-electron chi connectivity index (χ0n) is 14.3. The summed E-state index contributed by atoms with van der Waals surface area (Å²) in [4.78, 5) is 28.0. The number of halogens is 2. The van der Waals surface area contributed by atoms with Gasteiger partial charge in [0.05, 0.1) is 5.56 Å². The molecule has 0 aliphatic carbocycles. The van der Waals surface area contributed by atoms with Crippen LogP contribution in [0.2, 0.25) is 5.02 Å². The lowest BCUT2D eigenvalue weighted by molar-refractivity contribution is 0.0667. The van der Waals surface area contributed by atoms with E-state index in [1.165, 1.54) is 12.1 Å². The van der Waals surface area contributed by atoms with Crippen molar-refractivity contribution in [3.05, 3.63) is 64.4 Å². The standard InChI is InChI=1S/C19H19ClFN3O2/c1-13-6-7-14(12-16(13)20)22-19(26)24-10-8-23(9-11-24)18(25)15-4-2-3-5-17(15)21/h2-7,12H,8-11H2,1H3,(H,22,26). The number of aryl methyl sites for hydroxylation is 1. The molecule has 1 aliphatic rings. The number of urea groups is 1. The van der Waals surface area contributed by atoms with E-state index in [9.17, 15) is 14.0 Å². The quantitative estimate of drug-likeness (QED) is 0.868. The highest BCUT2D eigenvalue weighted by Crippen LogP contribution is 2.20. The Kier molecular flexibility index (Phi) is 5.42. The SMILES string of the molecule is Cc1ccc(NC(=O)N2CCN(C(=O)c3ccccc3F)CC2)cc1Cl. The van der Waals surface area contributed by atoms with Crippen LogP contribution in [0.1, 0.15) is 15.9 Å². The van der Waals surface area contributed by atoms with Crippen LogP contribution in [0.3, 0.4) is 0 Å². The van der Waals surface area contributed by atoms with E-state index in [1.807, 2.05) is 13.0 Å². The number of carbonyl (C=O) groups is 2. The van der Waals surface area contributed by atoms with Crippen molar-refractivity contribution in [3.63, 3.8) is 0 Å². The maximum Gasteiger partial charge on any atom is 0.321 e. The Balaban J connectivity index is 1.57. The predicted octanol–water partition coefficient (Wildman–Crippen LogP) is 3.78. The fourth-order valence-electron chi connectivity index (χ4n) is 2.79. The first-order chi connectivity index (χ1) is 12.5.